The summed E-state index contributed by atoms with van der Waals surface area (Å²) in [6, 6.07) is 4.35. The summed E-state index contributed by atoms with van der Waals surface area (Å²) in [4.78, 5) is 11.6. The Balaban J connectivity index is 2.51. The molecule has 4 nitrogen and oxygen atoms in total. The molecule has 0 aliphatic carbocycles. The van der Waals surface area contributed by atoms with Crippen molar-refractivity contribution in [1.29, 1.82) is 0 Å². The maximum Gasteiger partial charge on any atom is 0.407 e. The van der Waals surface area contributed by atoms with Crippen molar-refractivity contribution in [3.8, 4) is 5.75 Å². The molecule has 21 heavy (non-hydrogen) atoms. The Morgan fingerprint density at radius 2 is 2.05 bits per heavy atom. The number of aryl methyl sites for hydroxylation is 1. The molecular formula is C16H24FNO3. The van der Waals surface area contributed by atoms with E-state index >= 15 is 0 Å². The predicted molar refractivity (Wildman–Crippen MR) is 80.1 cm³/mol. The molecule has 1 atom stereocenters. The van der Waals surface area contributed by atoms with Gasteiger partial charge in [-0.25, -0.2) is 9.18 Å². The molecule has 118 valence electrons. The molecular weight excluding hydrogens is 273 g/mol. The number of hydrogen-bond donors (Lipinski definition) is 1. The molecule has 0 aliphatic rings. The molecule has 1 unspecified atom stereocenters. The highest BCUT2D eigenvalue weighted by atomic mass is 19.1. The molecule has 0 saturated carbocycles. The number of alkyl carbamates (subject to hydrolysis) is 1. The zero-order valence-corrected chi connectivity index (χ0v) is 13.3. The highest BCUT2D eigenvalue weighted by Crippen LogP contribution is 2.21. The molecule has 1 rings (SSSR count). The van der Waals surface area contributed by atoms with Gasteiger partial charge in [-0.2, -0.15) is 0 Å². The van der Waals surface area contributed by atoms with Crippen LogP contribution in [0.15, 0.2) is 18.2 Å². The van der Waals surface area contributed by atoms with Gasteiger partial charge in [-0.15, -0.1) is 0 Å². The molecule has 0 spiro atoms. The molecule has 1 aromatic carbocycles. The molecule has 1 amide bonds. The van der Waals surface area contributed by atoms with Crippen LogP contribution in [0.4, 0.5) is 9.18 Å². The molecule has 0 fully saturated rings. The number of nitrogens with one attached hydrogen (secondary N) is 1. The van der Waals surface area contributed by atoms with Crippen molar-refractivity contribution in [3.05, 3.63) is 29.6 Å². The summed E-state index contributed by atoms with van der Waals surface area (Å²) in [5.41, 5.74) is 0.269. The van der Waals surface area contributed by atoms with E-state index in [1.54, 1.807) is 13.2 Å². The number of carbonyl (C=O) groups is 1. The maximum atomic E-state index is 13.3. The van der Waals surface area contributed by atoms with E-state index in [0.29, 0.717) is 18.6 Å². The van der Waals surface area contributed by atoms with Crippen LogP contribution < -0.4 is 10.1 Å². The van der Waals surface area contributed by atoms with Crippen molar-refractivity contribution < 1.29 is 18.7 Å². The topological polar surface area (TPSA) is 47.6 Å². The van der Waals surface area contributed by atoms with Gasteiger partial charge in [-0.1, -0.05) is 0 Å². The minimum absolute atomic E-state index is 0.0761. The number of carbonyl (C=O) groups excluding carboxylic acids is 1. The summed E-state index contributed by atoms with van der Waals surface area (Å²) in [6.45, 7) is 7.33. The minimum atomic E-state index is -0.518. The summed E-state index contributed by atoms with van der Waals surface area (Å²) in [6.07, 6.45) is 0.831. The van der Waals surface area contributed by atoms with Crippen LogP contribution in [0.5, 0.6) is 5.75 Å². The van der Waals surface area contributed by atoms with Crippen LogP contribution in [0.2, 0.25) is 0 Å². The first-order chi connectivity index (χ1) is 9.71. The second-order valence-electron chi connectivity index (χ2n) is 6.04. The number of ether oxygens (including phenoxy) is 2. The first kappa shape index (κ1) is 17.3. The van der Waals surface area contributed by atoms with Crippen molar-refractivity contribution in [1.82, 2.24) is 5.32 Å². The van der Waals surface area contributed by atoms with Crippen molar-refractivity contribution in [3.63, 3.8) is 0 Å². The van der Waals surface area contributed by atoms with E-state index in [9.17, 15) is 9.18 Å². The average molecular weight is 297 g/mol. The molecule has 0 aromatic heterocycles. The van der Waals surface area contributed by atoms with Crippen LogP contribution >= 0.6 is 0 Å². The lowest BCUT2D eigenvalue weighted by Crippen LogP contribution is -2.37. The standard InChI is InChI=1S/C16H24FNO3/c1-11(18-15(19)21-16(2,3)4)6-7-12-10-13(17)8-9-14(12)20-5/h8-11H,6-7H2,1-5H3,(H,18,19). The Labute approximate surface area is 125 Å². The number of methoxy groups -OCH3 is 1. The average Bonchev–Trinajstić information content (AvgIpc) is 2.34. The summed E-state index contributed by atoms with van der Waals surface area (Å²) in [7, 11) is 1.55. The quantitative estimate of drug-likeness (QED) is 0.902. The molecule has 0 radical (unpaired) electrons. The van der Waals surface area contributed by atoms with Crippen LogP contribution in [-0.4, -0.2) is 24.8 Å². The smallest absolute Gasteiger partial charge is 0.407 e. The predicted octanol–water partition coefficient (Wildman–Crippen LogP) is 3.68. The first-order valence-electron chi connectivity index (χ1n) is 7.03. The zero-order valence-electron chi connectivity index (χ0n) is 13.3. The van der Waals surface area contributed by atoms with Gasteiger partial charge < -0.3 is 14.8 Å². The third kappa shape index (κ3) is 6.47. The number of amides is 1. The highest BCUT2D eigenvalue weighted by molar-refractivity contribution is 5.68. The summed E-state index contributed by atoms with van der Waals surface area (Å²) >= 11 is 0. The number of halogens is 1. The third-order valence-electron chi connectivity index (χ3n) is 2.85. The molecule has 0 heterocycles. The van der Waals surface area contributed by atoms with Crippen LogP contribution in [0, 0.1) is 5.82 Å². The Hall–Kier alpha value is -1.78. The van der Waals surface area contributed by atoms with Crippen LogP contribution in [0.25, 0.3) is 0 Å². The van der Waals surface area contributed by atoms with Gasteiger partial charge in [0.2, 0.25) is 0 Å². The normalized spacial score (nSPS) is 12.7. The van der Waals surface area contributed by atoms with Gasteiger partial charge in [0.05, 0.1) is 7.11 Å². The van der Waals surface area contributed by atoms with E-state index in [1.807, 2.05) is 27.7 Å². The highest BCUT2D eigenvalue weighted by Gasteiger charge is 2.17. The number of rotatable bonds is 5. The lowest BCUT2D eigenvalue weighted by molar-refractivity contribution is 0.0506. The fourth-order valence-corrected chi connectivity index (χ4v) is 1.90. The van der Waals surface area contributed by atoms with Crippen LogP contribution in [-0.2, 0) is 11.2 Å². The lowest BCUT2D eigenvalue weighted by Gasteiger charge is -2.22. The van der Waals surface area contributed by atoms with Gasteiger partial charge in [0.1, 0.15) is 17.2 Å². The molecule has 0 aliphatic heterocycles. The van der Waals surface area contributed by atoms with Gasteiger partial charge in [0, 0.05) is 6.04 Å². The Morgan fingerprint density at radius 3 is 2.62 bits per heavy atom. The van der Waals surface area contributed by atoms with E-state index < -0.39 is 11.7 Å². The van der Waals surface area contributed by atoms with Crippen molar-refractivity contribution in [2.45, 2.75) is 52.2 Å². The third-order valence-corrected chi connectivity index (χ3v) is 2.85. The Kier molecular flexibility index (Phi) is 6.00. The van der Waals surface area contributed by atoms with E-state index in [1.165, 1.54) is 12.1 Å². The maximum absolute atomic E-state index is 13.3. The summed E-state index contributed by atoms with van der Waals surface area (Å²) < 4.78 is 23.6. The second-order valence-corrected chi connectivity index (χ2v) is 6.04. The Morgan fingerprint density at radius 1 is 1.38 bits per heavy atom. The van der Waals surface area contributed by atoms with Gasteiger partial charge in [0.15, 0.2) is 0 Å². The molecule has 0 saturated heterocycles. The van der Waals surface area contributed by atoms with Gasteiger partial charge >= 0.3 is 6.09 Å². The minimum Gasteiger partial charge on any atom is -0.496 e. The SMILES string of the molecule is COc1ccc(F)cc1CCC(C)NC(=O)OC(C)(C)C. The van der Waals surface area contributed by atoms with Crippen LogP contribution in [0.3, 0.4) is 0 Å². The summed E-state index contributed by atoms with van der Waals surface area (Å²) in [5, 5.41) is 2.76. The number of benzene rings is 1. The zero-order chi connectivity index (χ0) is 16.0. The van der Waals surface area contributed by atoms with E-state index in [4.69, 9.17) is 9.47 Å². The van der Waals surface area contributed by atoms with Crippen molar-refractivity contribution in [2.75, 3.05) is 7.11 Å². The van der Waals surface area contributed by atoms with E-state index in [2.05, 4.69) is 5.32 Å². The molecule has 5 heteroatoms. The second kappa shape index (κ2) is 7.29. The lowest BCUT2D eigenvalue weighted by atomic mass is 10.1. The molecule has 1 N–H and O–H groups in total. The van der Waals surface area contributed by atoms with Crippen LogP contribution in [0.1, 0.15) is 39.7 Å². The largest absolute Gasteiger partial charge is 0.496 e. The molecule has 1 aromatic rings. The van der Waals surface area contributed by atoms with Gasteiger partial charge in [0.25, 0.3) is 0 Å². The number of hydrogen-bond acceptors (Lipinski definition) is 3. The fraction of sp³-hybridized carbons (Fsp3) is 0.562. The fourth-order valence-electron chi connectivity index (χ4n) is 1.90. The van der Waals surface area contributed by atoms with E-state index in [-0.39, 0.29) is 11.9 Å². The van der Waals surface area contributed by atoms with E-state index in [0.717, 1.165) is 5.56 Å². The monoisotopic (exact) mass is 297 g/mol. The first-order valence-corrected chi connectivity index (χ1v) is 7.03. The van der Waals surface area contributed by atoms with Gasteiger partial charge in [-0.05, 0) is 64.3 Å². The van der Waals surface area contributed by atoms with Crippen molar-refractivity contribution in [2.24, 2.45) is 0 Å². The summed E-state index contributed by atoms with van der Waals surface area (Å²) in [5.74, 6) is 0.361. The van der Waals surface area contributed by atoms with Gasteiger partial charge in [-0.3, -0.25) is 0 Å². The van der Waals surface area contributed by atoms with Crippen molar-refractivity contribution >= 4 is 6.09 Å². The molecule has 0 bridgehead atoms. The Bertz CT molecular complexity index is 483.